The zero-order valence-electron chi connectivity index (χ0n) is 31.6. The van der Waals surface area contributed by atoms with Crippen LogP contribution in [0.4, 0.5) is 5.69 Å². The molecule has 1 unspecified atom stereocenters. The van der Waals surface area contributed by atoms with Gasteiger partial charge in [0.15, 0.2) is 0 Å². The van der Waals surface area contributed by atoms with Gasteiger partial charge in [-0.05, 0) is 92.3 Å². The number of aromatic nitrogens is 1. The number of likely N-dealkylation sites (N-methyl/N-ethyl adjacent to an activating group) is 1. The number of esters is 1. The molecule has 10 atom stereocenters. The summed E-state index contributed by atoms with van der Waals surface area (Å²) in [5, 5.41) is 32.2. The summed E-state index contributed by atoms with van der Waals surface area (Å²) in [7, 11) is 4.79. The molecule has 0 radical (unpaired) electrons. The molecule has 4 N–H and O–H groups in total. The minimum Gasteiger partial charge on any atom is -0.505 e. The maximum atomic E-state index is 14.5. The monoisotopic (exact) mass is 719 g/mol. The number of amides is 1. The average Bonchev–Trinajstić information content (AvgIpc) is 3.63. The highest BCUT2D eigenvalue weighted by atomic mass is 16.6. The lowest BCUT2D eigenvalue weighted by Gasteiger charge is -2.59. The van der Waals surface area contributed by atoms with E-state index in [4.69, 9.17) is 18.9 Å². The Morgan fingerprint density at radius 1 is 1.12 bits per heavy atom. The van der Waals surface area contributed by atoms with Gasteiger partial charge >= 0.3 is 5.97 Å². The van der Waals surface area contributed by atoms with E-state index in [1.54, 1.807) is 76.3 Å². The molecule has 11 nitrogen and oxygen atoms in total. The number of carbonyl (C=O) groups is 2. The molecule has 52 heavy (non-hydrogen) atoms. The first kappa shape index (κ1) is 39.6. The number of hydrogen-bond acceptors (Lipinski definition) is 10. The second kappa shape index (κ2) is 16.2. The van der Waals surface area contributed by atoms with Crippen molar-refractivity contribution in [2.75, 3.05) is 39.7 Å². The molecule has 1 heterocycles. The molecule has 0 spiro atoms. The summed E-state index contributed by atoms with van der Waals surface area (Å²) < 4.78 is 23.8. The molecule has 0 aliphatic heterocycles. The van der Waals surface area contributed by atoms with Crippen molar-refractivity contribution in [1.29, 1.82) is 0 Å². The van der Waals surface area contributed by atoms with Crippen molar-refractivity contribution in [3.63, 3.8) is 0 Å². The van der Waals surface area contributed by atoms with Gasteiger partial charge in [-0.15, -0.1) is 0 Å². The second-order valence-corrected chi connectivity index (χ2v) is 15.3. The van der Waals surface area contributed by atoms with Crippen LogP contribution in [0.3, 0.4) is 0 Å². The van der Waals surface area contributed by atoms with Crippen molar-refractivity contribution in [3.8, 4) is 0 Å². The highest BCUT2D eigenvalue weighted by Crippen LogP contribution is 2.72. The van der Waals surface area contributed by atoms with Crippen LogP contribution in [-0.4, -0.2) is 90.5 Å². The first-order valence-corrected chi connectivity index (χ1v) is 18.4. The molecule has 3 saturated carbocycles. The van der Waals surface area contributed by atoms with Crippen LogP contribution in [-0.2, 0) is 23.7 Å². The van der Waals surface area contributed by atoms with E-state index < -0.39 is 40.2 Å². The number of nitrogens with one attached hydrogen (secondary N) is 2. The van der Waals surface area contributed by atoms with Crippen LogP contribution in [0.1, 0.15) is 75.9 Å². The van der Waals surface area contributed by atoms with Crippen LogP contribution in [0.5, 0.6) is 0 Å². The average molecular weight is 720 g/mol. The Bertz CT molecular complexity index is 1600. The summed E-state index contributed by atoms with van der Waals surface area (Å²) in [6, 6.07) is 12.2. The fraction of sp³-hybridized carbons (Fsp3) is 0.585. The van der Waals surface area contributed by atoms with Crippen LogP contribution in [0.2, 0.25) is 0 Å². The highest BCUT2D eigenvalue weighted by Gasteiger charge is 2.78. The molecule has 11 heteroatoms. The molecule has 284 valence electrons. The molecule has 1 aromatic heterocycles. The number of fused-ring (bicyclic) bond motifs is 4. The van der Waals surface area contributed by atoms with Crippen LogP contribution in [0, 0.1) is 29.1 Å². The number of methoxy groups -OCH3 is 3. The summed E-state index contributed by atoms with van der Waals surface area (Å²) in [5.74, 6) is -2.01. The molecule has 5 rings (SSSR count). The van der Waals surface area contributed by atoms with E-state index in [-0.39, 0.29) is 41.8 Å². The molecular formula is C41H57N3O8. The van der Waals surface area contributed by atoms with Gasteiger partial charge in [0, 0.05) is 51.8 Å². The van der Waals surface area contributed by atoms with E-state index in [1.165, 1.54) is 6.08 Å². The normalized spacial score (nSPS) is 32.8. The first-order chi connectivity index (χ1) is 24.8. The Hall–Kier alpha value is -3.61. The summed E-state index contributed by atoms with van der Waals surface area (Å²) in [4.78, 5) is 31.8. The van der Waals surface area contributed by atoms with Gasteiger partial charge in [-0.2, -0.15) is 0 Å². The van der Waals surface area contributed by atoms with Crippen LogP contribution < -0.4 is 10.6 Å². The van der Waals surface area contributed by atoms with E-state index in [0.29, 0.717) is 50.2 Å². The first-order valence-electron chi connectivity index (χ1n) is 18.4. The van der Waals surface area contributed by atoms with Gasteiger partial charge in [0.2, 0.25) is 5.91 Å². The largest absolute Gasteiger partial charge is 0.505 e. The maximum absolute atomic E-state index is 14.5. The number of anilines is 1. The Labute approximate surface area is 308 Å². The third-order valence-electron chi connectivity index (χ3n) is 12.3. The number of carbonyl (C=O) groups excluding carboxylic acids is 2. The number of nitrogens with zero attached hydrogens (tertiary/aromatic N) is 1. The SMILES string of the molecule is CCNC[C@@](C/C=C/OC)(OC(=O)c1ccccc1NC(=O)/C=C/c1ccccn1)[C@H]1CC2C[C@]1(C)[C@@H]1C[C@H](C)[C@H](OC)[C@]1(O)[C@]2(O)C[C@@H](C)OC. The molecule has 3 aliphatic rings. The number of para-hydroxylation sites is 1. The lowest BCUT2D eigenvalue weighted by atomic mass is 9.52. The second-order valence-electron chi connectivity index (χ2n) is 15.3. The lowest BCUT2D eigenvalue weighted by molar-refractivity contribution is -0.278. The van der Waals surface area contributed by atoms with Crippen molar-refractivity contribution in [1.82, 2.24) is 10.3 Å². The predicted octanol–water partition coefficient (Wildman–Crippen LogP) is 5.39. The van der Waals surface area contributed by atoms with Crippen molar-refractivity contribution >= 4 is 23.6 Å². The number of aliphatic hydroxyl groups is 2. The van der Waals surface area contributed by atoms with Crippen molar-refractivity contribution < 1.29 is 38.7 Å². The van der Waals surface area contributed by atoms with E-state index in [1.807, 2.05) is 26.0 Å². The van der Waals surface area contributed by atoms with Crippen molar-refractivity contribution in [2.45, 2.75) is 88.8 Å². The molecule has 0 saturated heterocycles. The topological polar surface area (TPSA) is 148 Å². The molecule has 2 bridgehead atoms. The van der Waals surface area contributed by atoms with Gasteiger partial charge in [0.05, 0.1) is 42.5 Å². The highest BCUT2D eigenvalue weighted by molar-refractivity contribution is 6.06. The van der Waals surface area contributed by atoms with E-state index in [0.717, 1.165) is 0 Å². The van der Waals surface area contributed by atoms with Crippen molar-refractivity contribution in [3.05, 3.63) is 78.3 Å². The number of rotatable bonds is 16. The number of hydrogen-bond donors (Lipinski definition) is 4. The zero-order valence-corrected chi connectivity index (χ0v) is 31.6. The number of pyridine rings is 1. The third kappa shape index (κ3) is 7.18. The minimum absolute atomic E-state index is 0.0254. The van der Waals surface area contributed by atoms with Gasteiger partial charge in [-0.3, -0.25) is 9.78 Å². The molecule has 1 aromatic carbocycles. The van der Waals surface area contributed by atoms with Gasteiger partial charge in [0.1, 0.15) is 16.8 Å². The molecule has 3 fully saturated rings. The minimum atomic E-state index is -1.56. The number of benzene rings is 1. The molecular weight excluding hydrogens is 662 g/mol. The van der Waals surface area contributed by atoms with E-state index in [9.17, 15) is 19.8 Å². The fourth-order valence-corrected chi connectivity index (χ4v) is 10.1. The maximum Gasteiger partial charge on any atom is 0.340 e. The van der Waals surface area contributed by atoms with Crippen molar-refractivity contribution in [2.24, 2.45) is 29.1 Å². The lowest BCUT2D eigenvalue weighted by Crippen LogP contribution is -2.71. The van der Waals surface area contributed by atoms with Gasteiger partial charge in [-0.1, -0.05) is 39.0 Å². The van der Waals surface area contributed by atoms with E-state index in [2.05, 4.69) is 29.5 Å². The van der Waals surface area contributed by atoms with Gasteiger partial charge in [-0.25, -0.2) is 4.79 Å². The molecule has 1 amide bonds. The predicted molar refractivity (Wildman–Crippen MR) is 199 cm³/mol. The van der Waals surface area contributed by atoms with Crippen LogP contribution >= 0.6 is 0 Å². The quantitative estimate of drug-likeness (QED) is 0.101. The Kier molecular flexibility index (Phi) is 12.3. The third-order valence-corrected chi connectivity index (χ3v) is 12.3. The van der Waals surface area contributed by atoms with Gasteiger partial charge < -0.3 is 39.8 Å². The van der Waals surface area contributed by atoms with Gasteiger partial charge in [0.25, 0.3) is 0 Å². The molecule has 2 aromatic rings. The Morgan fingerprint density at radius 2 is 1.87 bits per heavy atom. The Morgan fingerprint density at radius 3 is 2.54 bits per heavy atom. The zero-order chi connectivity index (χ0) is 37.7. The fourth-order valence-electron chi connectivity index (χ4n) is 10.1. The smallest absolute Gasteiger partial charge is 0.340 e. The molecule has 3 aliphatic carbocycles. The Balaban J connectivity index is 1.56. The summed E-state index contributed by atoms with van der Waals surface area (Å²) >= 11 is 0. The van der Waals surface area contributed by atoms with E-state index >= 15 is 0 Å². The van der Waals surface area contributed by atoms with Crippen LogP contribution in [0.15, 0.2) is 67.1 Å². The summed E-state index contributed by atoms with van der Waals surface area (Å²) in [5.41, 5.74) is -3.60. The van der Waals surface area contributed by atoms with Crippen LogP contribution in [0.25, 0.3) is 6.08 Å². The summed E-state index contributed by atoms with van der Waals surface area (Å²) in [6.45, 7) is 9.11. The standard InChI is InChI=1S/C41H57N3O8/c1-8-42-26-39(19-13-21-49-5,52-37(46)31-15-9-10-16-32(31)44-35(45)18-17-30-14-11-12-20-43-30)33-23-29-25-38(33,4)34-22-27(2)36(51-7)41(34,48)40(29,47)24-28(3)50-6/h9-18,20-21,27-29,33-34,36,42,47-48H,8,19,22-26H2,1-7H3,(H,44,45)/b18-17+,21-13+/t27-,28+,29?,33-,34-,36-,38-,39+,40-,41-/m0/s1. The summed E-state index contributed by atoms with van der Waals surface area (Å²) in [6.07, 6.45) is 9.50. The number of ether oxygens (including phenoxy) is 4.